The number of nitrogens with zero attached hydrogens (tertiary/aromatic N) is 4. The molecule has 1 saturated heterocycles. The molecule has 1 saturated carbocycles. The van der Waals surface area contributed by atoms with E-state index in [1.54, 1.807) is 12.1 Å². The first-order valence-corrected chi connectivity index (χ1v) is 10.5. The zero-order chi connectivity index (χ0) is 16.7. The maximum Gasteiger partial charge on any atom is 0.252 e. The van der Waals surface area contributed by atoms with E-state index < -0.39 is 10.0 Å². The molecule has 3 heterocycles. The minimum atomic E-state index is -3.45. The third-order valence-corrected chi connectivity index (χ3v) is 7.97. The van der Waals surface area contributed by atoms with Crippen molar-refractivity contribution in [1.29, 1.82) is 0 Å². The molecule has 6 nitrogen and oxygen atoms in total. The first-order valence-electron chi connectivity index (χ1n) is 7.88. The van der Waals surface area contributed by atoms with Gasteiger partial charge in [0.15, 0.2) is 5.82 Å². The molecule has 0 unspecified atom stereocenters. The summed E-state index contributed by atoms with van der Waals surface area (Å²) >= 11 is 6.96. The Balaban J connectivity index is 1.42. The lowest BCUT2D eigenvalue weighted by Gasteiger charge is -2.34. The van der Waals surface area contributed by atoms with Gasteiger partial charge >= 0.3 is 0 Å². The maximum atomic E-state index is 12.6. The van der Waals surface area contributed by atoms with Gasteiger partial charge in [0, 0.05) is 32.1 Å². The van der Waals surface area contributed by atoms with E-state index in [4.69, 9.17) is 11.6 Å². The largest absolute Gasteiger partial charge is 0.352 e. The molecule has 4 rings (SSSR count). The van der Waals surface area contributed by atoms with Crippen molar-refractivity contribution in [2.45, 2.75) is 23.0 Å². The summed E-state index contributed by atoms with van der Waals surface area (Å²) in [5.41, 5.74) is 1.06. The highest BCUT2D eigenvalue weighted by molar-refractivity contribution is 7.91. The normalized spacial score (nSPS) is 19.6. The van der Waals surface area contributed by atoms with Crippen molar-refractivity contribution in [2.75, 3.05) is 31.1 Å². The van der Waals surface area contributed by atoms with Crippen LogP contribution in [0.2, 0.25) is 4.34 Å². The van der Waals surface area contributed by atoms with Gasteiger partial charge in [-0.25, -0.2) is 8.42 Å². The molecule has 2 aromatic heterocycles. The Morgan fingerprint density at radius 3 is 2.33 bits per heavy atom. The molecule has 1 aliphatic heterocycles. The third kappa shape index (κ3) is 3.15. The second-order valence-corrected chi connectivity index (χ2v) is 9.92. The van der Waals surface area contributed by atoms with Crippen LogP contribution >= 0.6 is 22.9 Å². The van der Waals surface area contributed by atoms with E-state index >= 15 is 0 Å². The summed E-state index contributed by atoms with van der Waals surface area (Å²) in [6.45, 7) is 2.08. The Labute approximate surface area is 150 Å². The minimum absolute atomic E-state index is 0.300. The van der Waals surface area contributed by atoms with E-state index in [2.05, 4.69) is 15.1 Å². The first-order chi connectivity index (χ1) is 11.5. The second-order valence-electron chi connectivity index (χ2n) is 6.04. The number of piperazine rings is 1. The van der Waals surface area contributed by atoms with E-state index in [1.165, 1.54) is 17.1 Å². The van der Waals surface area contributed by atoms with E-state index in [0.29, 0.717) is 40.6 Å². The van der Waals surface area contributed by atoms with Crippen molar-refractivity contribution in [2.24, 2.45) is 0 Å². The van der Waals surface area contributed by atoms with Crippen LogP contribution in [0, 0.1) is 0 Å². The van der Waals surface area contributed by atoms with Crippen LogP contribution < -0.4 is 4.90 Å². The lowest BCUT2D eigenvalue weighted by molar-refractivity contribution is 0.384. The van der Waals surface area contributed by atoms with Gasteiger partial charge in [0.05, 0.1) is 10.0 Å². The predicted molar refractivity (Wildman–Crippen MR) is 94.3 cm³/mol. The van der Waals surface area contributed by atoms with E-state index in [1.807, 2.05) is 12.1 Å². The minimum Gasteiger partial charge on any atom is -0.352 e. The molecule has 0 radical (unpaired) electrons. The van der Waals surface area contributed by atoms with Crippen LogP contribution in [-0.2, 0) is 10.0 Å². The molecule has 9 heteroatoms. The molecule has 1 aliphatic carbocycles. The molecule has 0 aromatic carbocycles. The van der Waals surface area contributed by atoms with Gasteiger partial charge in [0.1, 0.15) is 4.21 Å². The number of rotatable bonds is 4. The van der Waals surface area contributed by atoms with Crippen LogP contribution in [0.3, 0.4) is 0 Å². The lowest BCUT2D eigenvalue weighted by Crippen LogP contribution is -2.48. The average molecular weight is 385 g/mol. The van der Waals surface area contributed by atoms with Gasteiger partial charge in [-0.1, -0.05) is 11.6 Å². The number of hydrogen-bond acceptors (Lipinski definition) is 6. The van der Waals surface area contributed by atoms with Gasteiger partial charge in [0.2, 0.25) is 0 Å². The Bertz CT molecular complexity index is 825. The highest BCUT2D eigenvalue weighted by atomic mass is 35.5. The van der Waals surface area contributed by atoms with Gasteiger partial charge in [-0.3, -0.25) is 0 Å². The van der Waals surface area contributed by atoms with Crippen molar-refractivity contribution < 1.29 is 8.42 Å². The van der Waals surface area contributed by atoms with E-state index in [0.717, 1.165) is 22.8 Å². The fraction of sp³-hybridized carbons (Fsp3) is 0.467. The number of sulfonamides is 1. The molecule has 0 amide bonds. The number of hydrogen-bond donors (Lipinski definition) is 0. The van der Waals surface area contributed by atoms with Gasteiger partial charge < -0.3 is 4.90 Å². The number of halogens is 1. The number of anilines is 1. The van der Waals surface area contributed by atoms with Crippen molar-refractivity contribution in [3.05, 3.63) is 34.3 Å². The quantitative estimate of drug-likeness (QED) is 0.810. The average Bonchev–Trinajstić information content (AvgIpc) is 3.36. The van der Waals surface area contributed by atoms with Gasteiger partial charge in [-0.15, -0.1) is 16.4 Å². The summed E-state index contributed by atoms with van der Waals surface area (Å²) in [5, 5.41) is 8.60. The number of aromatic nitrogens is 2. The molecular weight excluding hydrogens is 368 g/mol. The molecule has 24 heavy (non-hydrogen) atoms. The fourth-order valence-corrected chi connectivity index (χ4v) is 5.88. The van der Waals surface area contributed by atoms with Crippen molar-refractivity contribution in [3.8, 4) is 0 Å². The Morgan fingerprint density at radius 1 is 1.04 bits per heavy atom. The first kappa shape index (κ1) is 16.3. The lowest BCUT2D eigenvalue weighted by atomic mass is 10.2. The molecular formula is C15H17ClN4O2S2. The number of thiophene rings is 1. The molecule has 0 N–H and O–H groups in total. The van der Waals surface area contributed by atoms with Crippen LogP contribution in [0.4, 0.5) is 5.82 Å². The molecule has 128 valence electrons. The van der Waals surface area contributed by atoms with Crippen LogP contribution in [-0.4, -0.2) is 49.1 Å². The SMILES string of the molecule is O=S(=O)(c1ccc(Cl)s1)N1CCN(c2ccc(C3CC3)nn2)CC1. The summed E-state index contributed by atoms with van der Waals surface area (Å²) in [7, 11) is -3.45. The molecule has 2 fully saturated rings. The zero-order valence-electron chi connectivity index (χ0n) is 12.9. The van der Waals surface area contributed by atoms with Gasteiger partial charge in [0.25, 0.3) is 10.0 Å². The monoisotopic (exact) mass is 384 g/mol. The topological polar surface area (TPSA) is 66.4 Å². The molecule has 2 aliphatic rings. The fourth-order valence-electron chi connectivity index (χ4n) is 2.82. The van der Waals surface area contributed by atoms with Crippen LogP contribution in [0.1, 0.15) is 24.5 Å². The standard InChI is InChI=1S/C15H17ClN4O2S2/c16-13-4-6-15(23-13)24(21,22)20-9-7-19(8-10-20)14-5-3-12(17-18-14)11-1-2-11/h3-6,11H,1-2,7-10H2. The zero-order valence-corrected chi connectivity index (χ0v) is 15.3. The molecule has 2 aromatic rings. The Morgan fingerprint density at radius 2 is 1.79 bits per heavy atom. The summed E-state index contributed by atoms with van der Waals surface area (Å²) in [6, 6.07) is 7.21. The maximum absolute atomic E-state index is 12.6. The summed E-state index contributed by atoms with van der Waals surface area (Å²) in [4.78, 5) is 2.08. The van der Waals surface area contributed by atoms with Gasteiger partial charge in [-0.05, 0) is 37.1 Å². The summed E-state index contributed by atoms with van der Waals surface area (Å²) < 4.78 is 27.5. The van der Waals surface area contributed by atoms with Crippen LogP contribution in [0.25, 0.3) is 0 Å². The molecule has 0 spiro atoms. The third-order valence-electron chi connectivity index (χ3n) is 4.37. The highest BCUT2D eigenvalue weighted by Crippen LogP contribution is 2.38. The van der Waals surface area contributed by atoms with Crippen molar-refractivity contribution >= 4 is 38.8 Å². The van der Waals surface area contributed by atoms with E-state index in [9.17, 15) is 8.42 Å². The second kappa shape index (κ2) is 6.25. The Kier molecular flexibility index (Phi) is 4.24. The summed E-state index contributed by atoms with van der Waals surface area (Å²) in [6.07, 6.45) is 2.41. The smallest absolute Gasteiger partial charge is 0.252 e. The van der Waals surface area contributed by atoms with E-state index in [-0.39, 0.29) is 0 Å². The molecule has 0 bridgehead atoms. The molecule has 0 atom stereocenters. The van der Waals surface area contributed by atoms with Crippen LogP contribution in [0.15, 0.2) is 28.5 Å². The predicted octanol–water partition coefficient (Wildman–Crippen LogP) is 2.58. The van der Waals surface area contributed by atoms with Crippen LogP contribution in [0.5, 0.6) is 0 Å². The Hall–Kier alpha value is -1.22. The highest BCUT2D eigenvalue weighted by Gasteiger charge is 2.30. The van der Waals surface area contributed by atoms with Crippen molar-refractivity contribution in [3.63, 3.8) is 0 Å². The summed E-state index contributed by atoms with van der Waals surface area (Å²) in [5.74, 6) is 1.40. The van der Waals surface area contributed by atoms with Crippen molar-refractivity contribution in [1.82, 2.24) is 14.5 Å². The van der Waals surface area contributed by atoms with Gasteiger partial charge in [-0.2, -0.15) is 9.40 Å².